The quantitative estimate of drug-likeness (QED) is 0.418. The summed E-state index contributed by atoms with van der Waals surface area (Å²) in [5, 5.41) is 3.37. The minimum atomic E-state index is -0.0804. The molecule has 0 atom stereocenters. The van der Waals surface area contributed by atoms with Gasteiger partial charge < -0.3 is 24.3 Å². The lowest BCUT2D eigenvalue weighted by Gasteiger charge is -2.14. The van der Waals surface area contributed by atoms with E-state index < -0.39 is 0 Å². The van der Waals surface area contributed by atoms with E-state index in [0.29, 0.717) is 0 Å². The van der Waals surface area contributed by atoms with Crippen molar-refractivity contribution >= 4 is 0 Å². The Morgan fingerprint density at radius 3 is 1.35 bits per heavy atom. The molecule has 0 aliphatic heterocycles. The molecule has 0 heterocycles. The molecule has 0 aliphatic rings. The molecule has 5 nitrogen and oxygen atoms in total. The standard InChI is InChI=1S/C12H27NO4/c1-14-11(15-2)7-5-9-13-10-6-8-12(16-3)17-4/h11-13H,5-10H2,1-4H3. The maximum atomic E-state index is 5.10. The van der Waals surface area contributed by atoms with Crippen LogP contribution in [0.5, 0.6) is 0 Å². The second kappa shape index (κ2) is 12.3. The van der Waals surface area contributed by atoms with Crippen LogP contribution in [0.25, 0.3) is 0 Å². The van der Waals surface area contributed by atoms with E-state index in [0.717, 1.165) is 38.8 Å². The Morgan fingerprint density at radius 2 is 1.06 bits per heavy atom. The Bertz CT molecular complexity index is 133. The Balaban J connectivity index is 3.23. The van der Waals surface area contributed by atoms with E-state index >= 15 is 0 Å². The van der Waals surface area contributed by atoms with Crippen LogP contribution in [0, 0.1) is 0 Å². The van der Waals surface area contributed by atoms with Gasteiger partial charge in [0.2, 0.25) is 0 Å². The largest absolute Gasteiger partial charge is 0.356 e. The van der Waals surface area contributed by atoms with Crippen LogP contribution in [0.15, 0.2) is 0 Å². The van der Waals surface area contributed by atoms with Gasteiger partial charge in [-0.3, -0.25) is 0 Å². The van der Waals surface area contributed by atoms with E-state index in [1.807, 2.05) is 0 Å². The van der Waals surface area contributed by atoms with E-state index in [9.17, 15) is 0 Å². The van der Waals surface area contributed by atoms with Crippen LogP contribution in [0.1, 0.15) is 25.7 Å². The van der Waals surface area contributed by atoms with Crippen molar-refractivity contribution < 1.29 is 18.9 Å². The first kappa shape index (κ1) is 16.8. The summed E-state index contributed by atoms with van der Waals surface area (Å²) in [5.41, 5.74) is 0. The zero-order chi connectivity index (χ0) is 12.9. The molecule has 0 aliphatic carbocycles. The predicted molar refractivity (Wildman–Crippen MR) is 66.9 cm³/mol. The fourth-order valence-electron chi connectivity index (χ4n) is 1.58. The minimum Gasteiger partial charge on any atom is -0.356 e. The number of methoxy groups -OCH3 is 4. The van der Waals surface area contributed by atoms with Gasteiger partial charge in [0.05, 0.1) is 0 Å². The van der Waals surface area contributed by atoms with Crippen molar-refractivity contribution in [1.29, 1.82) is 0 Å². The van der Waals surface area contributed by atoms with Gasteiger partial charge in [0.15, 0.2) is 12.6 Å². The van der Waals surface area contributed by atoms with Crippen LogP contribution in [0.2, 0.25) is 0 Å². The zero-order valence-corrected chi connectivity index (χ0v) is 11.5. The molecule has 0 saturated heterocycles. The molecule has 0 fully saturated rings. The Kier molecular flexibility index (Phi) is 12.1. The Labute approximate surface area is 105 Å². The Hall–Kier alpha value is -0.200. The van der Waals surface area contributed by atoms with Crippen LogP contribution in [-0.4, -0.2) is 54.1 Å². The molecule has 1 N–H and O–H groups in total. The number of rotatable bonds is 12. The monoisotopic (exact) mass is 249 g/mol. The third kappa shape index (κ3) is 9.50. The average molecular weight is 249 g/mol. The third-order valence-corrected chi connectivity index (χ3v) is 2.64. The van der Waals surface area contributed by atoms with Gasteiger partial charge in [-0.2, -0.15) is 0 Å². The first-order valence-electron chi connectivity index (χ1n) is 6.10. The van der Waals surface area contributed by atoms with Gasteiger partial charge in [-0.1, -0.05) is 0 Å². The first-order chi connectivity index (χ1) is 8.28. The molecule has 5 heteroatoms. The number of nitrogens with one attached hydrogen (secondary N) is 1. The number of hydrogen-bond donors (Lipinski definition) is 1. The second-order valence-corrected chi connectivity index (χ2v) is 3.84. The minimum absolute atomic E-state index is 0.0804. The summed E-state index contributed by atoms with van der Waals surface area (Å²) in [5.74, 6) is 0. The predicted octanol–water partition coefficient (Wildman–Crippen LogP) is 1.37. The molecule has 0 saturated carbocycles. The number of ether oxygens (including phenoxy) is 4. The summed E-state index contributed by atoms with van der Waals surface area (Å²) in [6.07, 6.45) is 3.76. The van der Waals surface area contributed by atoms with Crippen molar-refractivity contribution in [3.63, 3.8) is 0 Å². The lowest BCUT2D eigenvalue weighted by atomic mass is 10.2. The highest BCUT2D eigenvalue weighted by Crippen LogP contribution is 2.02. The highest BCUT2D eigenvalue weighted by atomic mass is 16.7. The lowest BCUT2D eigenvalue weighted by Crippen LogP contribution is -2.22. The normalized spacial score (nSPS) is 11.6. The van der Waals surface area contributed by atoms with Crippen molar-refractivity contribution in [3.8, 4) is 0 Å². The molecule has 0 rings (SSSR count). The van der Waals surface area contributed by atoms with Crippen molar-refractivity contribution in [1.82, 2.24) is 5.32 Å². The summed E-state index contributed by atoms with van der Waals surface area (Å²) >= 11 is 0. The Morgan fingerprint density at radius 1 is 0.706 bits per heavy atom. The van der Waals surface area contributed by atoms with Gasteiger partial charge in [0.25, 0.3) is 0 Å². The van der Waals surface area contributed by atoms with Crippen molar-refractivity contribution in [2.75, 3.05) is 41.5 Å². The molecule has 0 aromatic rings. The van der Waals surface area contributed by atoms with Gasteiger partial charge in [0, 0.05) is 28.4 Å². The zero-order valence-electron chi connectivity index (χ0n) is 11.5. The highest BCUT2D eigenvalue weighted by Gasteiger charge is 2.05. The van der Waals surface area contributed by atoms with Crippen LogP contribution >= 0.6 is 0 Å². The molecule has 0 radical (unpaired) electrons. The van der Waals surface area contributed by atoms with Crippen molar-refractivity contribution in [2.24, 2.45) is 0 Å². The van der Waals surface area contributed by atoms with Crippen LogP contribution in [0.4, 0.5) is 0 Å². The van der Waals surface area contributed by atoms with E-state index in [-0.39, 0.29) is 12.6 Å². The molecular formula is C12H27NO4. The van der Waals surface area contributed by atoms with E-state index in [1.54, 1.807) is 28.4 Å². The van der Waals surface area contributed by atoms with Gasteiger partial charge >= 0.3 is 0 Å². The maximum absolute atomic E-state index is 5.10. The fourth-order valence-corrected chi connectivity index (χ4v) is 1.58. The molecule has 104 valence electrons. The van der Waals surface area contributed by atoms with E-state index in [2.05, 4.69) is 5.32 Å². The molecular weight excluding hydrogens is 222 g/mol. The van der Waals surface area contributed by atoms with Gasteiger partial charge in [-0.15, -0.1) is 0 Å². The van der Waals surface area contributed by atoms with Gasteiger partial charge in [-0.25, -0.2) is 0 Å². The molecule has 0 aromatic heterocycles. The molecule has 0 bridgehead atoms. The summed E-state index contributed by atoms with van der Waals surface area (Å²) in [6, 6.07) is 0. The number of hydrogen-bond acceptors (Lipinski definition) is 5. The summed E-state index contributed by atoms with van der Waals surface area (Å²) < 4.78 is 20.4. The summed E-state index contributed by atoms with van der Waals surface area (Å²) in [6.45, 7) is 1.96. The first-order valence-corrected chi connectivity index (χ1v) is 6.10. The van der Waals surface area contributed by atoms with Crippen LogP contribution < -0.4 is 5.32 Å². The van der Waals surface area contributed by atoms with E-state index in [4.69, 9.17) is 18.9 Å². The second-order valence-electron chi connectivity index (χ2n) is 3.84. The SMILES string of the molecule is COC(CCCNCCCC(OC)OC)OC. The molecule has 0 unspecified atom stereocenters. The smallest absolute Gasteiger partial charge is 0.156 e. The molecule has 0 aromatic carbocycles. The van der Waals surface area contributed by atoms with Gasteiger partial charge in [0.1, 0.15) is 0 Å². The molecule has 17 heavy (non-hydrogen) atoms. The molecule has 0 spiro atoms. The summed E-state index contributed by atoms with van der Waals surface area (Å²) in [7, 11) is 6.66. The van der Waals surface area contributed by atoms with Crippen LogP contribution in [0.3, 0.4) is 0 Å². The molecule has 0 amide bonds. The summed E-state index contributed by atoms with van der Waals surface area (Å²) in [4.78, 5) is 0. The average Bonchev–Trinajstić information content (AvgIpc) is 2.37. The topological polar surface area (TPSA) is 49.0 Å². The van der Waals surface area contributed by atoms with Gasteiger partial charge in [-0.05, 0) is 38.8 Å². The maximum Gasteiger partial charge on any atom is 0.156 e. The van der Waals surface area contributed by atoms with Crippen molar-refractivity contribution in [2.45, 2.75) is 38.3 Å². The highest BCUT2D eigenvalue weighted by molar-refractivity contribution is 4.53. The van der Waals surface area contributed by atoms with Crippen molar-refractivity contribution in [3.05, 3.63) is 0 Å². The van der Waals surface area contributed by atoms with E-state index in [1.165, 1.54) is 0 Å². The van der Waals surface area contributed by atoms with Crippen LogP contribution in [-0.2, 0) is 18.9 Å². The lowest BCUT2D eigenvalue weighted by molar-refractivity contribution is -0.107. The fraction of sp³-hybridized carbons (Fsp3) is 1.00. The third-order valence-electron chi connectivity index (χ3n) is 2.64.